The maximum absolute atomic E-state index is 14.6. The van der Waals surface area contributed by atoms with Crippen molar-refractivity contribution < 1.29 is 22.3 Å². The average molecular weight is 452 g/mol. The second kappa shape index (κ2) is 9.81. The highest BCUT2D eigenvalue weighted by Crippen LogP contribution is 2.30. The summed E-state index contributed by atoms with van der Waals surface area (Å²) in [5, 5.41) is 0. The van der Waals surface area contributed by atoms with Crippen molar-refractivity contribution in [1.82, 2.24) is 9.97 Å². The van der Waals surface area contributed by atoms with Crippen LogP contribution in [0.2, 0.25) is 0 Å². The van der Waals surface area contributed by atoms with Crippen molar-refractivity contribution in [2.75, 3.05) is 6.61 Å². The van der Waals surface area contributed by atoms with Crippen LogP contribution in [0, 0.1) is 23.3 Å². The van der Waals surface area contributed by atoms with Gasteiger partial charge in [-0.15, -0.1) is 0 Å². The summed E-state index contributed by atoms with van der Waals surface area (Å²) in [5.41, 5.74) is 1.71. The van der Waals surface area contributed by atoms with Crippen molar-refractivity contribution in [2.24, 2.45) is 0 Å². The van der Waals surface area contributed by atoms with Gasteiger partial charge in [0.2, 0.25) is 5.82 Å². The summed E-state index contributed by atoms with van der Waals surface area (Å²) in [7, 11) is 0. The summed E-state index contributed by atoms with van der Waals surface area (Å²) >= 11 is 0. The summed E-state index contributed by atoms with van der Waals surface area (Å²) in [5.74, 6) is -3.93. The van der Waals surface area contributed by atoms with Crippen LogP contribution in [0.15, 0.2) is 67.0 Å². The smallest absolute Gasteiger partial charge is 0.201 e. The van der Waals surface area contributed by atoms with Gasteiger partial charge in [0.15, 0.2) is 29.0 Å². The van der Waals surface area contributed by atoms with Crippen molar-refractivity contribution in [2.45, 2.75) is 19.8 Å². The van der Waals surface area contributed by atoms with Gasteiger partial charge in [-0.05, 0) is 60.7 Å². The van der Waals surface area contributed by atoms with E-state index in [1.54, 1.807) is 37.3 Å². The third-order valence-corrected chi connectivity index (χ3v) is 5.26. The molecule has 0 saturated carbocycles. The highest BCUT2D eigenvalue weighted by atomic mass is 19.2. The standard InChI is InChI=1S/C26H20F4N2O/c1-2-33-21-13-12-19(23(28)25(21)30)17-7-4-16(5-8-17)6-9-18-10-11-20(24(29)22(18)27)26-31-14-3-15-32-26/h3-5,7-8,10-15H,2,6,9H2,1H3. The van der Waals surface area contributed by atoms with E-state index in [9.17, 15) is 17.6 Å². The van der Waals surface area contributed by atoms with Crippen LogP contribution < -0.4 is 4.74 Å². The Morgan fingerprint density at radius 2 is 1.36 bits per heavy atom. The molecule has 0 fully saturated rings. The van der Waals surface area contributed by atoms with Crippen molar-refractivity contribution in [3.63, 3.8) is 0 Å². The monoisotopic (exact) mass is 452 g/mol. The van der Waals surface area contributed by atoms with Crippen LogP contribution in [-0.2, 0) is 12.8 Å². The number of hydrogen-bond acceptors (Lipinski definition) is 3. The molecule has 0 bridgehead atoms. The quantitative estimate of drug-likeness (QED) is 0.298. The van der Waals surface area contributed by atoms with Crippen LogP contribution in [-0.4, -0.2) is 16.6 Å². The van der Waals surface area contributed by atoms with E-state index in [-0.39, 0.29) is 41.3 Å². The van der Waals surface area contributed by atoms with Gasteiger partial charge in [-0.3, -0.25) is 0 Å². The highest BCUT2D eigenvalue weighted by Gasteiger charge is 2.17. The van der Waals surface area contributed by atoms with Crippen LogP contribution in [0.3, 0.4) is 0 Å². The lowest BCUT2D eigenvalue weighted by molar-refractivity contribution is 0.314. The molecule has 3 nitrogen and oxygen atoms in total. The largest absolute Gasteiger partial charge is 0.491 e. The molecule has 0 radical (unpaired) electrons. The van der Waals surface area contributed by atoms with Gasteiger partial charge < -0.3 is 4.74 Å². The molecule has 1 aromatic heterocycles. The Balaban J connectivity index is 1.48. The molecule has 0 unspecified atom stereocenters. The van der Waals surface area contributed by atoms with Crippen LogP contribution in [0.25, 0.3) is 22.5 Å². The molecule has 0 aliphatic carbocycles. The summed E-state index contributed by atoms with van der Waals surface area (Å²) in [4.78, 5) is 7.92. The maximum atomic E-state index is 14.6. The molecular weight excluding hydrogens is 432 g/mol. The number of halogens is 4. The second-order valence-electron chi connectivity index (χ2n) is 7.34. The minimum atomic E-state index is -1.03. The molecule has 4 aromatic rings. The van der Waals surface area contributed by atoms with Gasteiger partial charge in [0, 0.05) is 18.0 Å². The lowest BCUT2D eigenvalue weighted by Gasteiger charge is -2.10. The molecule has 7 heteroatoms. The zero-order valence-corrected chi connectivity index (χ0v) is 17.8. The molecule has 0 spiro atoms. The van der Waals surface area contributed by atoms with Gasteiger partial charge in [0.1, 0.15) is 0 Å². The van der Waals surface area contributed by atoms with Crippen molar-refractivity contribution in [1.29, 1.82) is 0 Å². The number of nitrogens with zero attached hydrogens (tertiary/aromatic N) is 2. The average Bonchev–Trinajstić information content (AvgIpc) is 2.84. The molecule has 33 heavy (non-hydrogen) atoms. The molecule has 0 saturated heterocycles. The number of benzene rings is 3. The van der Waals surface area contributed by atoms with Crippen molar-refractivity contribution in [3.05, 3.63) is 101 Å². The molecule has 168 valence electrons. The molecule has 0 N–H and O–H groups in total. The zero-order chi connectivity index (χ0) is 23.4. The number of aryl methyl sites for hydroxylation is 2. The number of hydrogen-bond donors (Lipinski definition) is 0. The molecule has 0 atom stereocenters. The fraction of sp³-hybridized carbons (Fsp3) is 0.154. The minimum absolute atomic E-state index is 0.00539. The number of aromatic nitrogens is 2. The first kappa shape index (κ1) is 22.5. The van der Waals surface area contributed by atoms with E-state index in [4.69, 9.17) is 4.74 Å². The van der Waals surface area contributed by atoms with Crippen LogP contribution in [0.1, 0.15) is 18.1 Å². The summed E-state index contributed by atoms with van der Waals surface area (Å²) in [6.45, 7) is 1.92. The Morgan fingerprint density at radius 3 is 2.06 bits per heavy atom. The predicted molar refractivity (Wildman–Crippen MR) is 118 cm³/mol. The van der Waals surface area contributed by atoms with E-state index in [1.165, 1.54) is 36.7 Å². The first-order chi connectivity index (χ1) is 16.0. The highest BCUT2D eigenvalue weighted by molar-refractivity contribution is 5.65. The zero-order valence-electron chi connectivity index (χ0n) is 17.8. The maximum Gasteiger partial charge on any atom is 0.201 e. The van der Waals surface area contributed by atoms with Gasteiger partial charge in [0.25, 0.3) is 0 Å². The van der Waals surface area contributed by atoms with E-state index in [1.807, 2.05) is 0 Å². The SMILES string of the molecule is CCOc1ccc(-c2ccc(CCc3ccc(-c4ncccn4)c(F)c3F)cc2)c(F)c1F. The Labute approximate surface area is 188 Å². The van der Waals surface area contributed by atoms with Crippen LogP contribution >= 0.6 is 0 Å². The Kier molecular flexibility index (Phi) is 6.68. The Bertz CT molecular complexity index is 1260. The summed E-state index contributed by atoms with van der Waals surface area (Å²) < 4.78 is 62.8. The molecule has 1 heterocycles. The summed E-state index contributed by atoms with van der Waals surface area (Å²) in [6.07, 6.45) is 3.64. The van der Waals surface area contributed by atoms with E-state index in [2.05, 4.69) is 9.97 Å². The summed E-state index contributed by atoms with van der Waals surface area (Å²) in [6, 6.07) is 14.3. The fourth-order valence-electron chi connectivity index (χ4n) is 3.55. The topological polar surface area (TPSA) is 35.0 Å². The van der Waals surface area contributed by atoms with E-state index >= 15 is 0 Å². The molecule has 4 rings (SSSR count). The fourth-order valence-corrected chi connectivity index (χ4v) is 3.55. The number of ether oxygens (including phenoxy) is 1. The van der Waals surface area contributed by atoms with Gasteiger partial charge in [-0.25, -0.2) is 23.1 Å². The first-order valence-corrected chi connectivity index (χ1v) is 10.4. The Morgan fingerprint density at radius 1 is 0.697 bits per heavy atom. The van der Waals surface area contributed by atoms with Gasteiger partial charge >= 0.3 is 0 Å². The van der Waals surface area contributed by atoms with Gasteiger partial charge in [-0.1, -0.05) is 30.3 Å². The van der Waals surface area contributed by atoms with Crippen molar-refractivity contribution >= 4 is 0 Å². The first-order valence-electron chi connectivity index (χ1n) is 10.4. The lowest BCUT2D eigenvalue weighted by Crippen LogP contribution is -2.01. The molecule has 0 amide bonds. The minimum Gasteiger partial charge on any atom is -0.491 e. The normalized spacial score (nSPS) is 10.9. The van der Waals surface area contributed by atoms with E-state index < -0.39 is 23.3 Å². The van der Waals surface area contributed by atoms with Crippen molar-refractivity contribution in [3.8, 4) is 28.3 Å². The molecular formula is C26H20F4N2O. The Hall–Kier alpha value is -3.74. The molecule has 3 aromatic carbocycles. The number of rotatable bonds is 7. The van der Waals surface area contributed by atoms with Gasteiger partial charge in [-0.2, -0.15) is 4.39 Å². The third kappa shape index (κ3) is 4.72. The predicted octanol–water partition coefficient (Wildman–Crippen LogP) is 6.55. The third-order valence-electron chi connectivity index (χ3n) is 5.26. The second-order valence-corrected chi connectivity index (χ2v) is 7.34. The van der Waals surface area contributed by atoms with E-state index in [0.717, 1.165) is 5.56 Å². The lowest BCUT2D eigenvalue weighted by atomic mass is 9.99. The molecule has 0 aliphatic heterocycles. The van der Waals surface area contributed by atoms with Crippen LogP contribution in [0.5, 0.6) is 5.75 Å². The molecule has 0 aliphatic rings. The van der Waals surface area contributed by atoms with Crippen LogP contribution in [0.4, 0.5) is 17.6 Å². The van der Waals surface area contributed by atoms with E-state index in [0.29, 0.717) is 12.0 Å². The van der Waals surface area contributed by atoms with Gasteiger partial charge in [0.05, 0.1) is 12.2 Å².